The molecule has 1 amide bonds. The molecule has 0 radical (unpaired) electrons. The Bertz CT molecular complexity index is 258. The Morgan fingerprint density at radius 1 is 1.42 bits per heavy atom. The van der Waals surface area contributed by atoms with Crippen LogP contribution in [0.2, 0.25) is 0 Å². The summed E-state index contributed by atoms with van der Waals surface area (Å²) in [4.78, 5) is 10.7. The molecule has 0 aliphatic rings. The van der Waals surface area contributed by atoms with Crippen LogP contribution in [0.15, 0.2) is 0 Å². The van der Waals surface area contributed by atoms with Crippen LogP contribution in [0.25, 0.3) is 0 Å². The van der Waals surface area contributed by atoms with Gasteiger partial charge in [0, 0.05) is 0 Å². The van der Waals surface area contributed by atoms with Crippen molar-refractivity contribution in [2.45, 2.75) is 19.9 Å². The number of sulfonamides is 1. The van der Waals surface area contributed by atoms with Crippen LogP contribution in [0.1, 0.15) is 13.8 Å². The first-order chi connectivity index (χ1) is 5.24. The predicted octanol–water partition coefficient (Wildman–Crippen LogP) is -0.954. The molecular weight excluding hydrogens is 180 g/mol. The van der Waals surface area contributed by atoms with Crippen molar-refractivity contribution >= 4 is 15.9 Å². The fourth-order valence-electron chi connectivity index (χ4n) is 0.753. The first-order valence-corrected chi connectivity index (χ1v) is 5.40. The second-order valence-corrected chi connectivity index (χ2v) is 4.79. The smallest absolute Gasteiger partial charge is 0.235 e. The first kappa shape index (κ1) is 11.4. The largest absolute Gasteiger partial charge is 0.368 e. The third-order valence-electron chi connectivity index (χ3n) is 1.31. The van der Waals surface area contributed by atoms with Crippen LogP contribution >= 0.6 is 0 Å². The van der Waals surface area contributed by atoms with Gasteiger partial charge in [0.15, 0.2) is 0 Å². The van der Waals surface area contributed by atoms with Gasteiger partial charge in [0.05, 0.1) is 6.26 Å². The third kappa shape index (κ3) is 4.30. The van der Waals surface area contributed by atoms with E-state index in [2.05, 4.69) is 4.72 Å². The van der Waals surface area contributed by atoms with E-state index in [1.54, 1.807) is 13.8 Å². The molecule has 1 atom stereocenters. The minimum atomic E-state index is -3.36. The van der Waals surface area contributed by atoms with Crippen LogP contribution in [-0.2, 0) is 14.8 Å². The number of primary amides is 1. The van der Waals surface area contributed by atoms with Crippen molar-refractivity contribution < 1.29 is 13.2 Å². The maximum absolute atomic E-state index is 10.7. The van der Waals surface area contributed by atoms with E-state index in [0.29, 0.717) is 0 Å². The fraction of sp³-hybridized carbons (Fsp3) is 0.833. The Labute approximate surface area is 72.4 Å². The SMILES string of the molecule is CC(C)C(NS(C)(=O)=O)C(N)=O. The molecule has 0 aliphatic carbocycles. The molecule has 6 heteroatoms. The summed E-state index contributed by atoms with van der Waals surface area (Å²) >= 11 is 0. The summed E-state index contributed by atoms with van der Waals surface area (Å²) in [6.07, 6.45) is 0.991. The van der Waals surface area contributed by atoms with Crippen molar-refractivity contribution in [1.82, 2.24) is 4.72 Å². The number of carbonyl (C=O) groups excluding carboxylic acids is 1. The van der Waals surface area contributed by atoms with Gasteiger partial charge < -0.3 is 5.73 Å². The molecule has 0 fully saturated rings. The number of amides is 1. The molecule has 72 valence electrons. The molecular formula is C6H14N2O3S. The molecule has 12 heavy (non-hydrogen) atoms. The molecule has 0 aromatic rings. The van der Waals surface area contributed by atoms with Crippen LogP contribution in [0.5, 0.6) is 0 Å². The van der Waals surface area contributed by atoms with Gasteiger partial charge in [0.2, 0.25) is 15.9 Å². The lowest BCUT2D eigenvalue weighted by molar-refractivity contribution is -0.120. The molecule has 0 aliphatic heterocycles. The molecule has 0 saturated carbocycles. The minimum Gasteiger partial charge on any atom is -0.368 e. The minimum absolute atomic E-state index is 0.141. The number of hydrogen-bond donors (Lipinski definition) is 2. The second kappa shape index (κ2) is 3.86. The summed E-state index contributed by atoms with van der Waals surface area (Å²) in [6.45, 7) is 3.43. The Morgan fingerprint density at radius 3 is 1.92 bits per heavy atom. The summed E-state index contributed by atoms with van der Waals surface area (Å²) in [6, 6.07) is -0.819. The molecule has 1 unspecified atom stereocenters. The van der Waals surface area contributed by atoms with E-state index in [4.69, 9.17) is 5.73 Å². The van der Waals surface area contributed by atoms with E-state index in [9.17, 15) is 13.2 Å². The van der Waals surface area contributed by atoms with Crippen LogP contribution in [-0.4, -0.2) is 26.6 Å². The van der Waals surface area contributed by atoms with Crippen molar-refractivity contribution in [3.63, 3.8) is 0 Å². The standard InChI is InChI=1S/C6H14N2O3S/c1-4(2)5(6(7)9)8-12(3,10)11/h4-5,8H,1-3H3,(H2,7,9). The summed E-state index contributed by atoms with van der Waals surface area (Å²) in [5.41, 5.74) is 4.98. The lowest BCUT2D eigenvalue weighted by Gasteiger charge is -2.16. The number of nitrogens with two attached hydrogens (primary N) is 1. The Hall–Kier alpha value is -0.620. The average molecular weight is 194 g/mol. The number of carbonyl (C=O) groups is 1. The Morgan fingerprint density at radius 2 is 1.83 bits per heavy atom. The highest BCUT2D eigenvalue weighted by atomic mass is 32.2. The number of nitrogens with one attached hydrogen (secondary N) is 1. The zero-order chi connectivity index (χ0) is 9.94. The summed E-state index contributed by atoms with van der Waals surface area (Å²) in [5.74, 6) is -0.798. The van der Waals surface area contributed by atoms with Crippen LogP contribution in [0.4, 0.5) is 0 Å². The van der Waals surface area contributed by atoms with Gasteiger partial charge in [-0.25, -0.2) is 13.1 Å². The monoisotopic (exact) mass is 194 g/mol. The summed E-state index contributed by atoms with van der Waals surface area (Å²) < 4.78 is 23.6. The fourth-order valence-corrected chi connectivity index (χ4v) is 1.60. The second-order valence-electron chi connectivity index (χ2n) is 3.01. The van der Waals surface area contributed by atoms with Crippen LogP contribution in [0.3, 0.4) is 0 Å². The molecule has 0 rings (SSSR count). The molecule has 0 aromatic heterocycles. The van der Waals surface area contributed by atoms with E-state index in [1.165, 1.54) is 0 Å². The molecule has 5 nitrogen and oxygen atoms in total. The predicted molar refractivity (Wildman–Crippen MR) is 45.8 cm³/mol. The molecule has 0 spiro atoms. The van der Waals surface area contributed by atoms with Gasteiger partial charge in [-0.15, -0.1) is 0 Å². The number of hydrogen-bond acceptors (Lipinski definition) is 3. The van der Waals surface area contributed by atoms with E-state index in [0.717, 1.165) is 6.26 Å². The maximum atomic E-state index is 10.7. The van der Waals surface area contributed by atoms with E-state index in [-0.39, 0.29) is 5.92 Å². The third-order valence-corrected chi connectivity index (χ3v) is 2.00. The topological polar surface area (TPSA) is 89.3 Å². The van der Waals surface area contributed by atoms with Gasteiger partial charge in [0.1, 0.15) is 6.04 Å². The molecule has 0 aromatic carbocycles. The van der Waals surface area contributed by atoms with Crippen LogP contribution in [0, 0.1) is 5.92 Å². The molecule has 3 N–H and O–H groups in total. The number of rotatable bonds is 4. The lowest BCUT2D eigenvalue weighted by atomic mass is 10.1. The lowest BCUT2D eigenvalue weighted by Crippen LogP contribution is -2.47. The van der Waals surface area contributed by atoms with Crippen molar-refractivity contribution in [3.05, 3.63) is 0 Å². The summed E-state index contributed by atoms with van der Waals surface area (Å²) in [5, 5.41) is 0. The molecule has 0 bridgehead atoms. The van der Waals surface area contributed by atoms with Gasteiger partial charge in [-0.05, 0) is 5.92 Å². The Balaban J connectivity index is 4.46. The highest BCUT2D eigenvalue weighted by Crippen LogP contribution is 2.01. The van der Waals surface area contributed by atoms with Gasteiger partial charge in [0.25, 0.3) is 0 Å². The van der Waals surface area contributed by atoms with Gasteiger partial charge in [-0.3, -0.25) is 4.79 Å². The van der Waals surface area contributed by atoms with Crippen LogP contribution < -0.4 is 10.5 Å². The highest BCUT2D eigenvalue weighted by Gasteiger charge is 2.22. The normalized spacial score (nSPS) is 14.7. The van der Waals surface area contributed by atoms with E-state index < -0.39 is 22.0 Å². The molecule has 0 saturated heterocycles. The van der Waals surface area contributed by atoms with E-state index in [1.807, 2.05) is 0 Å². The maximum Gasteiger partial charge on any atom is 0.235 e. The van der Waals surface area contributed by atoms with Gasteiger partial charge in [-0.2, -0.15) is 0 Å². The summed E-state index contributed by atoms with van der Waals surface area (Å²) in [7, 11) is -3.36. The Kier molecular flexibility index (Phi) is 3.66. The van der Waals surface area contributed by atoms with E-state index >= 15 is 0 Å². The molecule has 0 heterocycles. The average Bonchev–Trinajstić information content (AvgIpc) is 1.79. The van der Waals surface area contributed by atoms with Gasteiger partial charge in [-0.1, -0.05) is 13.8 Å². The highest BCUT2D eigenvalue weighted by molar-refractivity contribution is 7.88. The van der Waals surface area contributed by atoms with Crippen molar-refractivity contribution in [2.24, 2.45) is 11.7 Å². The van der Waals surface area contributed by atoms with Crippen molar-refractivity contribution in [2.75, 3.05) is 6.26 Å². The quantitative estimate of drug-likeness (QED) is 0.604. The van der Waals surface area contributed by atoms with Crippen molar-refractivity contribution in [3.8, 4) is 0 Å². The van der Waals surface area contributed by atoms with Gasteiger partial charge >= 0.3 is 0 Å². The zero-order valence-electron chi connectivity index (χ0n) is 7.37. The zero-order valence-corrected chi connectivity index (χ0v) is 8.18. The van der Waals surface area contributed by atoms with Crippen molar-refractivity contribution in [1.29, 1.82) is 0 Å². The first-order valence-electron chi connectivity index (χ1n) is 3.50.